The lowest BCUT2D eigenvalue weighted by molar-refractivity contribution is 0.599. The molecular weight excluding hydrogens is 341 g/mol. The van der Waals surface area contributed by atoms with E-state index in [2.05, 4.69) is 22.5 Å². The van der Waals surface area contributed by atoms with E-state index in [1.807, 2.05) is 6.92 Å². The van der Waals surface area contributed by atoms with Gasteiger partial charge in [-0.05, 0) is 13.3 Å². The Morgan fingerprint density at radius 1 is 1.44 bits per heavy atom. The third-order valence-electron chi connectivity index (χ3n) is 1.98. The number of hydrogen-bond acceptors (Lipinski definition) is 3. The molecule has 0 fully saturated rings. The lowest BCUT2D eigenvalue weighted by atomic mass is 10.3. The summed E-state index contributed by atoms with van der Waals surface area (Å²) in [4.78, 5) is 4.00. The van der Waals surface area contributed by atoms with Crippen LogP contribution in [0.15, 0.2) is 4.99 Å². The van der Waals surface area contributed by atoms with E-state index in [9.17, 15) is 8.42 Å². The number of guanidine groups is 1. The maximum absolute atomic E-state index is 10.9. The first-order valence-electron chi connectivity index (χ1n) is 5.04. The fourth-order valence-electron chi connectivity index (χ4n) is 0.885. The maximum atomic E-state index is 10.9. The zero-order valence-corrected chi connectivity index (χ0v) is 13.4. The standard InChI is InChI=1S/C9H21N3O2S.HI/c1-5-8(2)12-9(10-3)11-6-7-15(4,13)14;/h8H,5-7H2,1-4H3,(H2,10,11,12);1H. The number of nitrogens with one attached hydrogen (secondary N) is 2. The van der Waals surface area contributed by atoms with Gasteiger partial charge in [0.2, 0.25) is 0 Å². The molecule has 0 saturated heterocycles. The van der Waals surface area contributed by atoms with Gasteiger partial charge in [-0.2, -0.15) is 0 Å². The number of aliphatic imine (C=N–C) groups is 1. The Morgan fingerprint density at radius 2 is 2.00 bits per heavy atom. The Hall–Kier alpha value is -0.0500. The molecule has 0 radical (unpaired) electrons. The van der Waals surface area contributed by atoms with Crippen molar-refractivity contribution < 1.29 is 8.42 Å². The highest BCUT2D eigenvalue weighted by atomic mass is 127. The van der Waals surface area contributed by atoms with Crippen molar-refractivity contribution in [3.63, 3.8) is 0 Å². The van der Waals surface area contributed by atoms with Gasteiger partial charge in [-0.15, -0.1) is 24.0 Å². The average molecular weight is 363 g/mol. The molecule has 0 aromatic rings. The molecule has 1 unspecified atom stereocenters. The summed E-state index contributed by atoms with van der Waals surface area (Å²) < 4.78 is 21.8. The van der Waals surface area contributed by atoms with E-state index in [-0.39, 0.29) is 29.7 Å². The van der Waals surface area contributed by atoms with Crippen molar-refractivity contribution >= 4 is 39.8 Å². The fraction of sp³-hybridized carbons (Fsp3) is 0.889. The summed E-state index contributed by atoms with van der Waals surface area (Å²) in [6, 6.07) is 0.328. The SMILES string of the molecule is CCC(C)NC(=NC)NCCS(C)(=O)=O.I. The van der Waals surface area contributed by atoms with Gasteiger partial charge < -0.3 is 10.6 Å². The van der Waals surface area contributed by atoms with Crippen molar-refractivity contribution in [1.29, 1.82) is 0 Å². The van der Waals surface area contributed by atoms with Gasteiger partial charge >= 0.3 is 0 Å². The van der Waals surface area contributed by atoms with Gasteiger partial charge in [0.1, 0.15) is 9.84 Å². The van der Waals surface area contributed by atoms with Crippen LogP contribution in [0.5, 0.6) is 0 Å². The molecule has 0 bridgehead atoms. The highest BCUT2D eigenvalue weighted by molar-refractivity contribution is 14.0. The third-order valence-corrected chi connectivity index (χ3v) is 2.93. The van der Waals surface area contributed by atoms with Gasteiger partial charge in [0.15, 0.2) is 5.96 Å². The van der Waals surface area contributed by atoms with Crippen molar-refractivity contribution in [3.05, 3.63) is 0 Å². The van der Waals surface area contributed by atoms with E-state index in [0.29, 0.717) is 18.5 Å². The van der Waals surface area contributed by atoms with Crippen molar-refractivity contribution in [2.24, 2.45) is 4.99 Å². The summed E-state index contributed by atoms with van der Waals surface area (Å²) in [5.41, 5.74) is 0. The summed E-state index contributed by atoms with van der Waals surface area (Å²) in [5.74, 6) is 0.766. The Bertz CT molecular complexity index is 304. The van der Waals surface area contributed by atoms with Gasteiger partial charge in [0, 0.05) is 25.9 Å². The first-order chi connectivity index (χ1) is 6.89. The Morgan fingerprint density at radius 3 is 2.38 bits per heavy atom. The van der Waals surface area contributed by atoms with Gasteiger partial charge in [-0.25, -0.2) is 8.42 Å². The monoisotopic (exact) mass is 363 g/mol. The summed E-state index contributed by atoms with van der Waals surface area (Å²) >= 11 is 0. The average Bonchev–Trinajstić information content (AvgIpc) is 2.14. The second-order valence-electron chi connectivity index (χ2n) is 3.58. The van der Waals surface area contributed by atoms with Gasteiger partial charge in [-0.1, -0.05) is 6.92 Å². The molecule has 98 valence electrons. The van der Waals surface area contributed by atoms with E-state index < -0.39 is 9.84 Å². The minimum absolute atomic E-state index is 0. The zero-order chi connectivity index (χ0) is 11.9. The quantitative estimate of drug-likeness (QED) is 0.427. The maximum Gasteiger partial charge on any atom is 0.191 e. The van der Waals surface area contributed by atoms with Crippen LogP contribution in [0.2, 0.25) is 0 Å². The number of nitrogens with zero attached hydrogens (tertiary/aromatic N) is 1. The second-order valence-corrected chi connectivity index (χ2v) is 5.84. The predicted octanol–water partition coefficient (Wildman–Crippen LogP) is 0.613. The van der Waals surface area contributed by atoms with Gasteiger partial charge in [0.05, 0.1) is 5.75 Å². The number of sulfone groups is 1. The summed E-state index contributed by atoms with van der Waals surface area (Å²) in [6.45, 7) is 4.50. The molecule has 16 heavy (non-hydrogen) atoms. The zero-order valence-electron chi connectivity index (χ0n) is 10.3. The molecule has 0 aliphatic heterocycles. The molecule has 0 rings (SSSR count). The Balaban J connectivity index is 0. The van der Waals surface area contributed by atoms with Crippen LogP contribution in [0.25, 0.3) is 0 Å². The Labute approximate surface area is 115 Å². The molecule has 0 aliphatic rings. The van der Waals surface area contributed by atoms with Crippen LogP contribution in [0.1, 0.15) is 20.3 Å². The fourth-order valence-corrected chi connectivity index (χ4v) is 1.36. The molecule has 0 saturated carbocycles. The Kier molecular flexibility index (Phi) is 10.3. The molecule has 2 N–H and O–H groups in total. The molecular formula is C9H22IN3O2S. The van der Waals surface area contributed by atoms with E-state index in [4.69, 9.17) is 0 Å². The first kappa shape index (κ1) is 18.3. The molecule has 0 heterocycles. The van der Waals surface area contributed by atoms with Crippen LogP contribution >= 0.6 is 24.0 Å². The second kappa shape index (κ2) is 9.03. The minimum Gasteiger partial charge on any atom is -0.355 e. The summed E-state index contributed by atoms with van der Waals surface area (Å²) in [5, 5.41) is 6.10. The molecule has 0 aliphatic carbocycles. The van der Waals surface area contributed by atoms with Crippen molar-refractivity contribution in [2.45, 2.75) is 26.3 Å². The van der Waals surface area contributed by atoms with Crippen LogP contribution in [-0.4, -0.2) is 46.0 Å². The van der Waals surface area contributed by atoms with Gasteiger partial charge in [-0.3, -0.25) is 4.99 Å². The highest BCUT2D eigenvalue weighted by Gasteiger charge is 2.04. The lowest BCUT2D eigenvalue weighted by Crippen LogP contribution is -2.43. The predicted molar refractivity (Wildman–Crippen MR) is 79.4 cm³/mol. The molecule has 5 nitrogen and oxygen atoms in total. The molecule has 0 aromatic carbocycles. The minimum atomic E-state index is -2.91. The van der Waals surface area contributed by atoms with E-state index >= 15 is 0 Å². The number of hydrogen-bond donors (Lipinski definition) is 2. The largest absolute Gasteiger partial charge is 0.355 e. The lowest BCUT2D eigenvalue weighted by Gasteiger charge is -2.15. The van der Waals surface area contributed by atoms with Crippen molar-refractivity contribution in [3.8, 4) is 0 Å². The molecule has 0 amide bonds. The van der Waals surface area contributed by atoms with Crippen LogP contribution in [-0.2, 0) is 9.84 Å². The normalized spacial score (nSPS) is 13.9. The van der Waals surface area contributed by atoms with Crippen LogP contribution < -0.4 is 10.6 Å². The smallest absolute Gasteiger partial charge is 0.191 e. The van der Waals surface area contributed by atoms with Crippen LogP contribution in [0, 0.1) is 0 Å². The van der Waals surface area contributed by atoms with E-state index in [1.165, 1.54) is 6.26 Å². The molecule has 7 heteroatoms. The number of rotatable bonds is 5. The van der Waals surface area contributed by atoms with Crippen molar-refractivity contribution in [1.82, 2.24) is 10.6 Å². The molecule has 0 spiro atoms. The van der Waals surface area contributed by atoms with Gasteiger partial charge in [0.25, 0.3) is 0 Å². The molecule has 0 aromatic heterocycles. The highest BCUT2D eigenvalue weighted by Crippen LogP contribution is 1.87. The summed E-state index contributed by atoms with van der Waals surface area (Å²) in [6.07, 6.45) is 2.21. The topological polar surface area (TPSA) is 70.6 Å². The van der Waals surface area contributed by atoms with Crippen molar-refractivity contribution in [2.75, 3.05) is 25.6 Å². The molecule has 1 atom stereocenters. The van der Waals surface area contributed by atoms with E-state index in [1.54, 1.807) is 7.05 Å². The van der Waals surface area contributed by atoms with Crippen LogP contribution in [0.4, 0.5) is 0 Å². The number of halogens is 1. The van der Waals surface area contributed by atoms with E-state index in [0.717, 1.165) is 6.42 Å². The van der Waals surface area contributed by atoms with Crippen LogP contribution in [0.3, 0.4) is 0 Å². The summed E-state index contributed by atoms with van der Waals surface area (Å²) in [7, 11) is -1.24. The first-order valence-corrected chi connectivity index (χ1v) is 7.10. The third kappa shape index (κ3) is 10.5.